The maximum Gasteiger partial charge on any atom is 0.234 e. The zero-order valence-corrected chi connectivity index (χ0v) is 14.4. The van der Waals surface area contributed by atoms with E-state index in [2.05, 4.69) is 20.2 Å². The van der Waals surface area contributed by atoms with Crippen LogP contribution >= 0.6 is 11.8 Å². The highest BCUT2D eigenvalue weighted by Crippen LogP contribution is 2.22. The number of thioether (sulfide) groups is 1. The Balaban J connectivity index is 1.55. The normalized spacial score (nSPS) is 14.4. The molecule has 1 N–H and O–H groups in total. The molecule has 1 saturated heterocycles. The first-order valence-corrected chi connectivity index (χ1v) is 9.05. The van der Waals surface area contributed by atoms with E-state index in [0.717, 1.165) is 43.9 Å². The Bertz CT molecular complexity index is 753. The van der Waals surface area contributed by atoms with Gasteiger partial charge in [0, 0.05) is 30.9 Å². The maximum atomic E-state index is 13.1. The van der Waals surface area contributed by atoms with Crippen LogP contribution in [0.4, 0.5) is 20.3 Å². The van der Waals surface area contributed by atoms with Gasteiger partial charge in [0.1, 0.15) is 17.2 Å². The van der Waals surface area contributed by atoms with Gasteiger partial charge in [-0.05, 0) is 31.4 Å². The van der Waals surface area contributed by atoms with E-state index in [1.807, 2.05) is 6.07 Å². The van der Waals surface area contributed by atoms with Crippen molar-refractivity contribution in [3.8, 4) is 0 Å². The number of amides is 1. The number of rotatable bonds is 5. The summed E-state index contributed by atoms with van der Waals surface area (Å²) >= 11 is 1.28. The molecule has 3 rings (SSSR count). The topological polar surface area (TPSA) is 58.1 Å². The molecule has 1 aromatic carbocycles. The van der Waals surface area contributed by atoms with E-state index >= 15 is 0 Å². The van der Waals surface area contributed by atoms with Crippen LogP contribution in [0.2, 0.25) is 0 Å². The lowest BCUT2D eigenvalue weighted by Crippen LogP contribution is -2.30. The molecule has 1 aliphatic heterocycles. The summed E-state index contributed by atoms with van der Waals surface area (Å²) in [6.45, 7) is 1.97. The number of halogens is 2. The van der Waals surface area contributed by atoms with Crippen molar-refractivity contribution in [1.29, 1.82) is 0 Å². The molecule has 0 spiro atoms. The first-order chi connectivity index (χ1) is 12.1. The van der Waals surface area contributed by atoms with Crippen molar-refractivity contribution < 1.29 is 13.6 Å². The third kappa shape index (κ3) is 4.88. The molecule has 0 atom stereocenters. The van der Waals surface area contributed by atoms with Gasteiger partial charge in [-0.3, -0.25) is 4.79 Å². The number of benzene rings is 1. The van der Waals surface area contributed by atoms with Crippen molar-refractivity contribution >= 4 is 29.2 Å². The number of carbonyl (C=O) groups is 1. The molecule has 132 valence electrons. The van der Waals surface area contributed by atoms with Crippen molar-refractivity contribution in [1.82, 2.24) is 9.97 Å². The average molecular weight is 364 g/mol. The van der Waals surface area contributed by atoms with Crippen LogP contribution in [-0.2, 0) is 4.79 Å². The van der Waals surface area contributed by atoms with Crippen LogP contribution in [0.1, 0.15) is 19.3 Å². The van der Waals surface area contributed by atoms with Crippen molar-refractivity contribution in [2.75, 3.05) is 29.1 Å². The standard InChI is InChI=1S/C17H18F2N4OS/c18-13-5-4-12(8-14(13)19)22-16(24)10-25-17-9-15(20-11-21-17)23-6-2-1-3-7-23/h4-5,8-9,11H,1-3,6-7,10H2,(H,22,24). The number of aromatic nitrogens is 2. The fourth-order valence-electron chi connectivity index (χ4n) is 2.62. The van der Waals surface area contributed by atoms with Gasteiger partial charge in [0.05, 0.1) is 5.75 Å². The molecule has 5 nitrogen and oxygen atoms in total. The number of carbonyl (C=O) groups excluding carboxylic acids is 1. The van der Waals surface area contributed by atoms with Crippen LogP contribution in [0.15, 0.2) is 35.6 Å². The SMILES string of the molecule is O=C(CSc1cc(N2CCCCC2)ncn1)Nc1ccc(F)c(F)c1. The van der Waals surface area contributed by atoms with Gasteiger partial charge in [-0.1, -0.05) is 11.8 Å². The molecule has 0 unspecified atom stereocenters. The average Bonchev–Trinajstić information content (AvgIpc) is 2.64. The van der Waals surface area contributed by atoms with Crippen molar-refractivity contribution in [3.63, 3.8) is 0 Å². The second-order valence-corrected chi connectivity index (χ2v) is 6.72. The van der Waals surface area contributed by atoms with Gasteiger partial charge in [-0.2, -0.15) is 0 Å². The summed E-state index contributed by atoms with van der Waals surface area (Å²) in [5.74, 6) is -1.26. The molecule has 0 saturated carbocycles. The smallest absolute Gasteiger partial charge is 0.234 e. The zero-order chi connectivity index (χ0) is 17.6. The van der Waals surface area contributed by atoms with Gasteiger partial charge in [-0.25, -0.2) is 18.7 Å². The molecule has 0 radical (unpaired) electrons. The highest BCUT2D eigenvalue weighted by Gasteiger charge is 2.13. The van der Waals surface area contributed by atoms with E-state index in [1.54, 1.807) is 0 Å². The van der Waals surface area contributed by atoms with E-state index < -0.39 is 11.6 Å². The lowest BCUT2D eigenvalue weighted by Gasteiger charge is -2.27. The Labute approximate surface area is 148 Å². The molecule has 1 amide bonds. The minimum absolute atomic E-state index is 0.120. The fourth-order valence-corrected chi connectivity index (χ4v) is 3.28. The number of hydrogen-bond acceptors (Lipinski definition) is 5. The van der Waals surface area contributed by atoms with Crippen LogP contribution in [0.25, 0.3) is 0 Å². The molecule has 0 bridgehead atoms. The zero-order valence-electron chi connectivity index (χ0n) is 13.5. The number of piperidine rings is 1. The van der Waals surface area contributed by atoms with Crippen LogP contribution in [0.3, 0.4) is 0 Å². The molecule has 1 fully saturated rings. The Kier molecular flexibility index (Phi) is 5.80. The van der Waals surface area contributed by atoms with Crippen LogP contribution in [-0.4, -0.2) is 34.7 Å². The van der Waals surface area contributed by atoms with Crippen molar-refractivity contribution in [2.45, 2.75) is 24.3 Å². The third-order valence-electron chi connectivity index (χ3n) is 3.86. The quantitative estimate of drug-likeness (QED) is 0.650. The summed E-state index contributed by atoms with van der Waals surface area (Å²) in [4.78, 5) is 22.7. The molecular formula is C17H18F2N4OS. The summed E-state index contributed by atoms with van der Waals surface area (Å²) in [7, 11) is 0. The largest absolute Gasteiger partial charge is 0.356 e. The van der Waals surface area contributed by atoms with E-state index in [9.17, 15) is 13.6 Å². The predicted molar refractivity (Wildman–Crippen MR) is 93.8 cm³/mol. The van der Waals surface area contributed by atoms with Crippen LogP contribution < -0.4 is 10.2 Å². The molecule has 1 aromatic heterocycles. The van der Waals surface area contributed by atoms with E-state index in [1.165, 1.54) is 30.6 Å². The highest BCUT2D eigenvalue weighted by molar-refractivity contribution is 7.99. The van der Waals surface area contributed by atoms with Gasteiger partial charge >= 0.3 is 0 Å². The lowest BCUT2D eigenvalue weighted by atomic mass is 10.1. The lowest BCUT2D eigenvalue weighted by molar-refractivity contribution is -0.113. The van der Waals surface area contributed by atoms with Gasteiger partial charge in [0.25, 0.3) is 0 Å². The minimum Gasteiger partial charge on any atom is -0.356 e. The molecule has 2 aromatic rings. The van der Waals surface area contributed by atoms with Crippen molar-refractivity contribution in [3.05, 3.63) is 42.2 Å². The summed E-state index contributed by atoms with van der Waals surface area (Å²) in [5, 5.41) is 3.24. The molecule has 2 heterocycles. The van der Waals surface area contributed by atoms with Gasteiger partial charge in [0.2, 0.25) is 5.91 Å². The second-order valence-electron chi connectivity index (χ2n) is 5.73. The second kappa shape index (κ2) is 8.24. The molecule has 25 heavy (non-hydrogen) atoms. The highest BCUT2D eigenvalue weighted by atomic mass is 32.2. The van der Waals surface area contributed by atoms with Gasteiger partial charge in [0.15, 0.2) is 11.6 Å². The number of nitrogens with one attached hydrogen (secondary N) is 1. The van der Waals surface area contributed by atoms with Crippen molar-refractivity contribution in [2.24, 2.45) is 0 Å². The maximum absolute atomic E-state index is 13.1. The predicted octanol–water partition coefficient (Wildman–Crippen LogP) is 3.48. The van der Waals surface area contributed by atoms with E-state index in [0.29, 0.717) is 5.03 Å². The van der Waals surface area contributed by atoms with E-state index in [4.69, 9.17) is 0 Å². The minimum atomic E-state index is -0.993. The Morgan fingerprint density at radius 2 is 1.92 bits per heavy atom. The third-order valence-corrected chi connectivity index (χ3v) is 4.79. The summed E-state index contributed by atoms with van der Waals surface area (Å²) in [5.41, 5.74) is 0.223. The Morgan fingerprint density at radius 3 is 2.68 bits per heavy atom. The fraction of sp³-hybridized carbons (Fsp3) is 0.353. The first kappa shape index (κ1) is 17.6. The molecule has 8 heteroatoms. The molecule has 1 aliphatic rings. The van der Waals surface area contributed by atoms with Gasteiger partial charge in [-0.15, -0.1) is 0 Å². The summed E-state index contributed by atoms with van der Waals surface area (Å²) in [6.07, 6.45) is 5.05. The number of hydrogen-bond donors (Lipinski definition) is 1. The molecular weight excluding hydrogens is 346 g/mol. The number of nitrogens with zero attached hydrogens (tertiary/aromatic N) is 3. The monoisotopic (exact) mass is 364 g/mol. The van der Waals surface area contributed by atoms with Crippen LogP contribution in [0, 0.1) is 11.6 Å². The Morgan fingerprint density at radius 1 is 1.12 bits per heavy atom. The van der Waals surface area contributed by atoms with E-state index in [-0.39, 0.29) is 17.3 Å². The molecule has 0 aliphatic carbocycles. The summed E-state index contributed by atoms with van der Waals surface area (Å²) in [6, 6.07) is 5.13. The number of anilines is 2. The van der Waals surface area contributed by atoms with Gasteiger partial charge < -0.3 is 10.2 Å². The van der Waals surface area contributed by atoms with Crippen LogP contribution in [0.5, 0.6) is 0 Å². The summed E-state index contributed by atoms with van der Waals surface area (Å²) < 4.78 is 26.0. The Hall–Kier alpha value is -2.22. The first-order valence-electron chi connectivity index (χ1n) is 8.06.